The highest BCUT2D eigenvalue weighted by molar-refractivity contribution is 5.09. The van der Waals surface area contributed by atoms with Gasteiger partial charge in [0.25, 0.3) is 0 Å². The van der Waals surface area contributed by atoms with E-state index >= 15 is 0 Å². The average molecular weight is 206 g/mol. The molecule has 0 aliphatic carbocycles. The van der Waals surface area contributed by atoms with Gasteiger partial charge in [-0.3, -0.25) is 0 Å². The van der Waals surface area contributed by atoms with Crippen molar-refractivity contribution in [2.75, 3.05) is 0 Å². The minimum absolute atomic E-state index is 0.450. The summed E-state index contributed by atoms with van der Waals surface area (Å²) in [4.78, 5) is 0. The Labute approximate surface area is 87.9 Å². The molecule has 0 aromatic carbocycles. The normalized spacial score (nSPS) is 11.9. The van der Waals surface area contributed by atoms with Gasteiger partial charge in [-0.25, -0.2) is 4.68 Å². The lowest BCUT2D eigenvalue weighted by atomic mass is 10.0. The highest BCUT2D eigenvalue weighted by atomic mass is 16.3. The Balaban J connectivity index is 2.15. The van der Waals surface area contributed by atoms with Crippen LogP contribution in [0.2, 0.25) is 0 Å². The number of rotatable bonds is 3. The predicted octanol–water partition coefficient (Wildman–Crippen LogP) is 1.11. The Morgan fingerprint density at radius 2 is 2.33 bits per heavy atom. The second-order valence-corrected chi connectivity index (χ2v) is 4.15. The number of furan rings is 1. The standard InChI is InChI=1S/C10H14N4O/c1-10(2,11)9-6-14(13-12-9)5-8-3-4-15-7-8/h3-4,6-7H,5,11H2,1-2H3. The van der Waals surface area contributed by atoms with Crippen LogP contribution in [-0.2, 0) is 12.1 Å². The molecule has 15 heavy (non-hydrogen) atoms. The van der Waals surface area contributed by atoms with Gasteiger partial charge in [0, 0.05) is 5.56 Å². The van der Waals surface area contributed by atoms with Crippen LogP contribution >= 0.6 is 0 Å². The summed E-state index contributed by atoms with van der Waals surface area (Å²) in [7, 11) is 0. The Morgan fingerprint density at radius 3 is 2.87 bits per heavy atom. The molecule has 0 aliphatic heterocycles. The summed E-state index contributed by atoms with van der Waals surface area (Å²) in [6.45, 7) is 4.46. The van der Waals surface area contributed by atoms with Crippen molar-refractivity contribution < 1.29 is 4.42 Å². The van der Waals surface area contributed by atoms with Crippen molar-refractivity contribution in [2.45, 2.75) is 25.9 Å². The molecule has 0 saturated heterocycles. The van der Waals surface area contributed by atoms with E-state index in [9.17, 15) is 0 Å². The fourth-order valence-corrected chi connectivity index (χ4v) is 1.24. The van der Waals surface area contributed by atoms with Crippen LogP contribution in [0.4, 0.5) is 0 Å². The highest BCUT2D eigenvalue weighted by Crippen LogP contribution is 2.13. The zero-order valence-corrected chi connectivity index (χ0v) is 8.84. The van der Waals surface area contributed by atoms with Crippen LogP contribution in [0.5, 0.6) is 0 Å². The summed E-state index contributed by atoms with van der Waals surface area (Å²) < 4.78 is 6.72. The summed E-state index contributed by atoms with van der Waals surface area (Å²) in [5.41, 5.74) is 7.30. The van der Waals surface area contributed by atoms with Crippen LogP contribution in [0.15, 0.2) is 29.2 Å². The molecule has 2 aromatic rings. The van der Waals surface area contributed by atoms with E-state index in [0.29, 0.717) is 6.54 Å². The molecule has 80 valence electrons. The number of aromatic nitrogens is 3. The van der Waals surface area contributed by atoms with Crippen LogP contribution < -0.4 is 5.73 Å². The first-order chi connectivity index (χ1) is 7.05. The number of nitrogens with two attached hydrogens (primary N) is 1. The molecular formula is C10H14N4O. The third-order valence-corrected chi connectivity index (χ3v) is 2.12. The maximum atomic E-state index is 5.91. The van der Waals surface area contributed by atoms with Crippen molar-refractivity contribution in [3.05, 3.63) is 36.0 Å². The lowest BCUT2D eigenvalue weighted by Crippen LogP contribution is -2.29. The molecule has 2 rings (SSSR count). The van der Waals surface area contributed by atoms with Gasteiger partial charge in [-0.05, 0) is 19.9 Å². The van der Waals surface area contributed by atoms with E-state index < -0.39 is 5.54 Å². The first kappa shape index (κ1) is 9.92. The van der Waals surface area contributed by atoms with E-state index in [1.165, 1.54) is 0 Å². The van der Waals surface area contributed by atoms with Crippen molar-refractivity contribution in [3.63, 3.8) is 0 Å². The predicted molar refractivity (Wildman–Crippen MR) is 55.0 cm³/mol. The van der Waals surface area contributed by atoms with Crippen molar-refractivity contribution >= 4 is 0 Å². The van der Waals surface area contributed by atoms with Gasteiger partial charge in [-0.15, -0.1) is 5.10 Å². The molecule has 0 amide bonds. The van der Waals surface area contributed by atoms with E-state index in [2.05, 4.69) is 10.3 Å². The molecule has 2 aromatic heterocycles. The quantitative estimate of drug-likeness (QED) is 0.816. The molecule has 2 heterocycles. The monoisotopic (exact) mass is 206 g/mol. The molecule has 0 saturated carbocycles. The summed E-state index contributed by atoms with van der Waals surface area (Å²) in [6.07, 6.45) is 5.18. The minimum atomic E-state index is -0.450. The second kappa shape index (κ2) is 3.51. The molecule has 0 fully saturated rings. The molecule has 0 radical (unpaired) electrons. The zero-order chi connectivity index (χ0) is 10.9. The Bertz CT molecular complexity index is 424. The van der Waals surface area contributed by atoms with Crippen molar-refractivity contribution in [1.82, 2.24) is 15.0 Å². The minimum Gasteiger partial charge on any atom is -0.472 e. The molecule has 2 N–H and O–H groups in total. The van der Waals surface area contributed by atoms with Crippen LogP contribution in [0.3, 0.4) is 0 Å². The first-order valence-corrected chi connectivity index (χ1v) is 4.76. The molecule has 0 unspecified atom stereocenters. The van der Waals surface area contributed by atoms with Gasteiger partial charge in [0.2, 0.25) is 0 Å². The van der Waals surface area contributed by atoms with Gasteiger partial charge < -0.3 is 10.2 Å². The first-order valence-electron chi connectivity index (χ1n) is 4.76. The van der Waals surface area contributed by atoms with E-state index in [-0.39, 0.29) is 0 Å². The molecule has 0 aliphatic rings. The molecule has 0 bridgehead atoms. The van der Waals surface area contributed by atoms with Gasteiger partial charge in [-0.2, -0.15) is 0 Å². The Morgan fingerprint density at radius 1 is 1.53 bits per heavy atom. The Hall–Kier alpha value is -1.62. The smallest absolute Gasteiger partial charge is 0.102 e. The summed E-state index contributed by atoms with van der Waals surface area (Å²) in [6, 6.07) is 1.90. The van der Waals surface area contributed by atoms with Crippen LogP contribution in [0.1, 0.15) is 25.1 Å². The maximum Gasteiger partial charge on any atom is 0.102 e. The fraction of sp³-hybridized carbons (Fsp3) is 0.400. The summed E-state index contributed by atoms with van der Waals surface area (Å²) in [5.74, 6) is 0. The van der Waals surface area contributed by atoms with Crippen LogP contribution in [0.25, 0.3) is 0 Å². The average Bonchev–Trinajstić information content (AvgIpc) is 2.73. The summed E-state index contributed by atoms with van der Waals surface area (Å²) in [5, 5.41) is 8.03. The molecule has 0 spiro atoms. The van der Waals surface area contributed by atoms with Gasteiger partial charge in [-0.1, -0.05) is 5.21 Å². The number of hydrogen-bond donors (Lipinski definition) is 1. The highest BCUT2D eigenvalue weighted by Gasteiger charge is 2.18. The van der Waals surface area contributed by atoms with Crippen LogP contribution in [0, 0.1) is 0 Å². The molecular weight excluding hydrogens is 192 g/mol. The lowest BCUT2D eigenvalue weighted by Gasteiger charge is -2.13. The van der Waals surface area contributed by atoms with Gasteiger partial charge in [0.15, 0.2) is 0 Å². The largest absolute Gasteiger partial charge is 0.472 e. The lowest BCUT2D eigenvalue weighted by molar-refractivity contribution is 0.533. The third-order valence-electron chi connectivity index (χ3n) is 2.12. The fourth-order valence-electron chi connectivity index (χ4n) is 1.24. The van der Waals surface area contributed by atoms with Crippen LogP contribution in [-0.4, -0.2) is 15.0 Å². The van der Waals surface area contributed by atoms with E-state index in [0.717, 1.165) is 11.3 Å². The SMILES string of the molecule is CC(C)(N)c1cn(Cc2ccoc2)nn1. The molecule has 0 atom stereocenters. The maximum absolute atomic E-state index is 5.91. The molecule has 5 nitrogen and oxygen atoms in total. The summed E-state index contributed by atoms with van der Waals surface area (Å²) >= 11 is 0. The van der Waals surface area contributed by atoms with Gasteiger partial charge in [0.1, 0.15) is 5.69 Å². The van der Waals surface area contributed by atoms with E-state index in [1.54, 1.807) is 17.2 Å². The van der Waals surface area contributed by atoms with Gasteiger partial charge in [0.05, 0.1) is 30.8 Å². The third kappa shape index (κ3) is 2.24. The van der Waals surface area contributed by atoms with Gasteiger partial charge >= 0.3 is 0 Å². The van der Waals surface area contributed by atoms with Crippen molar-refractivity contribution in [3.8, 4) is 0 Å². The number of nitrogens with zero attached hydrogens (tertiary/aromatic N) is 3. The topological polar surface area (TPSA) is 69.9 Å². The Kier molecular flexibility index (Phi) is 2.32. The molecule has 5 heteroatoms. The van der Waals surface area contributed by atoms with Crippen molar-refractivity contribution in [2.24, 2.45) is 5.73 Å². The van der Waals surface area contributed by atoms with E-state index in [1.807, 2.05) is 26.1 Å². The zero-order valence-electron chi connectivity index (χ0n) is 8.84. The number of hydrogen-bond acceptors (Lipinski definition) is 4. The van der Waals surface area contributed by atoms with E-state index in [4.69, 9.17) is 10.2 Å². The second-order valence-electron chi connectivity index (χ2n) is 4.15. The van der Waals surface area contributed by atoms with Crippen molar-refractivity contribution in [1.29, 1.82) is 0 Å².